The van der Waals surface area contributed by atoms with Gasteiger partial charge in [0.1, 0.15) is 11.5 Å². The molecule has 0 N–H and O–H groups in total. The average molecular weight is 288 g/mol. The minimum absolute atomic E-state index is 0.396. The predicted molar refractivity (Wildman–Crippen MR) is 81.9 cm³/mol. The van der Waals surface area contributed by atoms with Gasteiger partial charge >= 0.3 is 0 Å². The van der Waals surface area contributed by atoms with Crippen molar-refractivity contribution in [2.75, 3.05) is 0 Å². The Hall–Kier alpha value is -0.540. The zero-order valence-electron chi connectivity index (χ0n) is 11.1. The highest BCUT2D eigenvalue weighted by Gasteiger charge is 2.73. The van der Waals surface area contributed by atoms with Gasteiger partial charge in [-0.25, -0.2) is 0 Å². The molecule has 0 aromatic heterocycles. The number of hydrogen-bond donors (Lipinski definition) is 0. The highest BCUT2D eigenvalue weighted by molar-refractivity contribution is 8.13. The van der Waals surface area contributed by atoms with Crippen LogP contribution in [0.4, 0.5) is 0 Å². The third-order valence-corrected chi connectivity index (χ3v) is 8.50. The number of benzene rings is 1. The van der Waals surface area contributed by atoms with Crippen LogP contribution in [0.3, 0.4) is 0 Å². The van der Waals surface area contributed by atoms with Crippen molar-refractivity contribution in [3.63, 3.8) is 0 Å². The van der Waals surface area contributed by atoms with Crippen molar-refractivity contribution in [2.45, 2.75) is 40.8 Å². The summed E-state index contributed by atoms with van der Waals surface area (Å²) in [6.07, 6.45) is 1.11. The van der Waals surface area contributed by atoms with E-state index in [4.69, 9.17) is 4.74 Å². The van der Waals surface area contributed by atoms with Crippen molar-refractivity contribution < 1.29 is 4.74 Å². The third kappa shape index (κ3) is 1.26. The van der Waals surface area contributed by atoms with E-state index >= 15 is 0 Å². The van der Waals surface area contributed by atoms with E-state index in [2.05, 4.69) is 61.6 Å². The number of para-hydroxylation sites is 1. The topological polar surface area (TPSA) is 9.23 Å². The summed E-state index contributed by atoms with van der Waals surface area (Å²) in [6, 6.07) is 8.55. The van der Waals surface area contributed by atoms with Crippen LogP contribution in [0.2, 0.25) is 0 Å². The van der Waals surface area contributed by atoms with Crippen LogP contribution in [0.15, 0.2) is 35.6 Å². The molecule has 2 fully saturated rings. The SMILES string of the molecule is CC(C)C12SC1C1SC1C1=C2Cc2ccccc2O1. The Morgan fingerprint density at radius 1 is 1.32 bits per heavy atom. The van der Waals surface area contributed by atoms with E-state index in [1.807, 2.05) is 0 Å². The zero-order chi connectivity index (χ0) is 12.8. The lowest BCUT2D eigenvalue weighted by Gasteiger charge is -2.33. The van der Waals surface area contributed by atoms with Crippen molar-refractivity contribution in [2.24, 2.45) is 5.92 Å². The molecule has 3 aliphatic heterocycles. The summed E-state index contributed by atoms with van der Waals surface area (Å²) < 4.78 is 6.70. The fraction of sp³-hybridized carbons (Fsp3) is 0.500. The first-order valence-corrected chi connectivity index (χ1v) is 8.86. The van der Waals surface area contributed by atoms with Crippen LogP contribution in [0.5, 0.6) is 5.75 Å². The lowest BCUT2D eigenvalue weighted by molar-refractivity contribution is 0.356. The van der Waals surface area contributed by atoms with Crippen LogP contribution in [0, 0.1) is 5.92 Å². The largest absolute Gasteiger partial charge is 0.460 e. The Bertz CT molecular complexity index is 621. The summed E-state index contributed by atoms with van der Waals surface area (Å²) in [4.78, 5) is 0. The molecule has 98 valence electrons. The minimum Gasteiger partial charge on any atom is -0.460 e. The van der Waals surface area contributed by atoms with Gasteiger partial charge in [0.2, 0.25) is 0 Å². The van der Waals surface area contributed by atoms with Gasteiger partial charge in [-0.05, 0) is 23.1 Å². The second kappa shape index (κ2) is 3.37. The van der Waals surface area contributed by atoms with Gasteiger partial charge < -0.3 is 4.74 Å². The smallest absolute Gasteiger partial charge is 0.130 e. The summed E-state index contributed by atoms with van der Waals surface area (Å²) in [5.74, 6) is 3.13. The summed E-state index contributed by atoms with van der Waals surface area (Å²) in [6.45, 7) is 4.76. The molecule has 0 radical (unpaired) electrons. The van der Waals surface area contributed by atoms with Gasteiger partial charge in [-0.2, -0.15) is 0 Å². The number of hydrogen-bond acceptors (Lipinski definition) is 3. The fourth-order valence-electron chi connectivity index (χ4n) is 3.88. The molecular formula is C16H16OS2. The van der Waals surface area contributed by atoms with Gasteiger partial charge in [0.05, 0.1) is 10.00 Å². The molecule has 1 aromatic rings. The second-order valence-electron chi connectivity index (χ2n) is 6.24. The van der Waals surface area contributed by atoms with Gasteiger partial charge in [0.25, 0.3) is 0 Å². The summed E-state index contributed by atoms with van der Waals surface area (Å²) in [7, 11) is 0. The Morgan fingerprint density at radius 3 is 3.00 bits per heavy atom. The lowest BCUT2D eigenvalue weighted by atomic mass is 9.76. The molecule has 1 nitrogen and oxygen atoms in total. The highest BCUT2D eigenvalue weighted by Crippen LogP contribution is 2.76. The van der Waals surface area contributed by atoms with E-state index in [9.17, 15) is 0 Å². The molecule has 1 aromatic carbocycles. The number of rotatable bonds is 1. The summed E-state index contributed by atoms with van der Waals surface area (Å²) in [5, 5.41) is 2.35. The summed E-state index contributed by atoms with van der Waals surface area (Å²) in [5.41, 5.74) is 2.99. The maximum Gasteiger partial charge on any atom is 0.130 e. The fourth-order valence-corrected chi connectivity index (χ4v) is 7.41. The molecule has 1 aliphatic carbocycles. The van der Waals surface area contributed by atoms with Gasteiger partial charge in [0.15, 0.2) is 0 Å². The van der Waals surface area contributed by atoms with E-state index < -0.39 is 0 Å². The maximum absolute atomic E-state index is 6.31. The van der Waals surface area contributed by atoms with Crippen molar-refractivity contribution in [1.29, 1.82) is 0 Å². The molecule has 0 bridgehead atoms. The first-order valence-electron chi connectivity index (χ1n) is 7.04. The van der Waals surface area contributed by atoms with E-state index in [0.29, 0.717) is 15.9 Å². The highest BCUT2D eigenvalue weighted by atomic mass is 32.2. The van der Waals surface area contributed by atoms with Gasteiger partial charge in [-0.1, -0.05) is 32.0 Å². The monoisotopic (exact) mass is 288 g/mol. The second-order valence-corrected chi connectivity index (χ2v) is 8.98. The molecule has 4 aliphatic rings. The minimum atomic E-state index is 0.396. The third-order valence-electron chi connectivity index (χ3n) is 4.96. The molecule has 4 unspecified atom stereocenters. The normalized spacial score (nSPS) is 40.9. The Morgan fingerprint density at radius 2 is 2.16 bits per heavy atom. The molecule has 19 heavy (non-hydrogen) atoms. The Balaban J connectivity index is 1.66. The zero-order valence-corrected chi connectivity index (χ0v) is 12.7. The summed E-state index contributed by atoms with van der Waals surface area (Å²) >= 11 is 4.33. The quantitative estimate of drug-likeness (QED) is 0.726. The van der Waals surface area contributed by atoms with Crippen LogP contribution < -0.4 is 4.74 Å². The van der Waals surface area contributed by atoms with Crippen molar-refractivity contribution >= 4 is 23.5 Å². The first kappa shape index (κ1) is 11.2. The lowest BCUT2D eigenvalue weighted by Crippen LogP contribution is -2.36. The number of ether oxygens (including phenoxy) is 1. The molecule has 2 saturated heterocycles. The number of thioether (sulfide) groups is 2. The first-order chi connectivity index (χ1) is 9.22. The van der Waals surface area contributed by atoms with Crippen LogP contribution in [0.1, 0.15) is 19.4 Å². The van der Waals surface area contributed by atoms with Crippen molar-refractivity contribution in [3.8, 4) is 5.75 Å². The van der Waals surface area contributed by atoms with Crippen LogP contribution in [0.25, 0.3) is 0 Å². The molecule has 3 heterocycles. The average Bonchev–Trinajstić information content (AvgIpc) is 3.27. The Labute approximate surface area is 122 Å². The molecule has 0 amide bonds. The molecule has 0 spiro atoms. The van der Waals surface area contributed by atoms with E-state index in [1.54, 1.807) is 5.57 Å². The van der Waals surface area contributed by atoms with Crippen LogP contribution >= 0.6 is 23.5 Å². The van der Waals surface area contributed by atoms with E-state index in [-0.39, 0.29) is 0 Å². The van der Waals surface area contributed by atoms with E-state index in [0.717, 1.165) is 22.7 Å². The van der Waals surface area contributed by atoms with E-state index in [1.165, 1.54) is 11.3 Å². The number of fused-ring (bicyclic) bond motifs is 6. The van der Waals surface area contributed by atoms with Gasteiger partial charge in [-0.15, -0.1) is 23.5 Å². The maximum atomic E-state index is 6.31. The molecule has 3 heteroatoms. The molecule has 4 atom stereocenters. The molecule has 5 rings (SSSR count). The molecule has 0 saturated carbocycles. The van der Waals surface area contributed by atoms with Crippen LogP contribution in [-0.2, 0) is 6.42 Å². The van der Waals surface area contributed by atoms with Crippen molar-refractivity contribution in [3.05, 3.63) is 41.2 Å². The standard InChI is InChI=1S/C16H16OS2/c1-8(2)16-10-7-9-5-3-4-6-11(9)17-12(10)13-14(18-13)15(16)19-16/h3-6,8,13-15H,7H2,1-2H3. The van der Waals surface area contributed by atoms with Gasteiger partial charge in [0, 0.05) is 16.9 Å². The van der Waals surface area contributed by atoms with Crippen molar-refractivity contribution in [1.82, 2.24) is 0 Å². The van der Waals surface area contributed by atoms with Gasteiger partial charge in [-0.3, -0.25) is 0 Å². The Kier molecular flexibility index (Phi) is 1.98. The molecular weight excluding hydrogens is 272 g/mol. The predicted octanol–water partition coefficient (Wildman–Crippen LogP) is 3.88. The van der Waals surface area contributed by atoms with Crippen LogP contribution in [-0.4, -0.2) is 20.5 Å².